The number of benzene rings is 1. The normalized spacial score (nSPS) is 18.5. The highest BCUT2D eigenvalue weighted by molar-refractivity contribution is 7.99. The molecule has 1 atom stereocenters. The summed E-state index contributed by atoms with van der Waals surface area (Å²) in [5.41, 5.74) is 2.90. The Hall–Kier alpha value is -2.01. The predicted octanol–water partition coefficient (Wildman–Crippen LogP) is 3.00. The molecule has 1 aliphatic heterocycles. The maximum absolute atomic E-state index is 12.6. The first kappa shape index (κ1) is 15.9. The Morgan fingerprint density at radius 2 is 2.09 bits per heavy atom. The van der Waals surface area contributed by atoms with Crippen LogP contribution >= 0.6 is 11.8 Å². The van der Waals surface area contributed by atoms with Gasteiger partial charge in [0.15, 0.2) is 0 Å². The number of pyridine rings is 1. The van der Waals surface area contributed by atoms with E-state index in [9.17, 15) is 9.59 Å². The van der Waals surface area contributed by atoms with E-state index < -0.39 is 0 Å². The van der Waals surface area contributed by atoms with E-state index in [0.29, 0.717) is 10.8 Å². The van der Waals surface area contributed by atoms with E-state index in [1.165, 1.54) is 23.4 Å². The van der Waals surface area contributed by atoms with Crippen molar-refractivity contribution in [2.24, 2.45) is 0 Å². The van der Waals surface area contributed by atoms with Crippen LogP contribution in [-0.4, -0.2) is 34.6 Å². The van der Waals surface area contributed by atoms with Gasteiger partial charge in [0, 0.05) is 41.9 Å². The van der Waals surface area contributed by atoms with E-state index >= 15 is 0 Å². The molecule has 3 rings (SSSR count). The molecule has 2 heterocycles. The molecule has 1 fully saturated rings. The molecule has 0 saturated carbocycles. The monoisotopic (exact) mass is 328 g/mol. The van der Waals surface area contributed by atoms with E-state index in [4.69, 9.17) is 0 Å². The van der Waals surface area contributed by atoms with Gasteiger partial charge in [0.25, 0.3) is 5.91 Å². The summed E-state index contributed by atoms with van der Waals surface area (Å²) in [6.45, 7) is 3.58. The Morgan fingerprint density at radius 3 is 2.87 bits per heavy atom. The number of aryl methyl sites for hydroxylation is 1. The van der Waals surface area contributed by atoms with Crippen LogP contribution < -0.4 is 5.56 Å². The van der Waals surface area contributed by atoms with Gasteiger partial charge in [0.1, 0.15) is 0 Å². The van der Waals surface area contributed by atoms with Crippen LogP contribution in [0.2, 0.25) is 0 Å². The van der Waals surface area contributed by atoms with Gasteiger partial charge in [-0.05, 0) is 30.5 Å². The Morgan fingerprint density at radius 1 is 1.26 bits per heavy atom. The molecule has 1 unspecified atom stereocenters. The van der Waals surface area contributed by atoms with E-state index in [-0.39, 0.29) is 11.5 Å². The molecule has 120 valence electrons. The number of thioether (sulfide) groups is 1. The standard InChI is InChI=1S/C18H20N2O2S/c1-13-4-2-3-5-15(13)16-7-9-20(10-11-23-16)18(22)14-6-8-19-17(21)12-14/h2-6,8,12,16H,7,9-11H2,1H3,(H,19,21). The maximum Gasteiger partial charge on any atom is 0.254 e. The summed E-state index contributed by atoms with van der Waals surface area (Å²) in [5, 5.41) is 0.424. The fraction of sp³-hybridized carbons (Fsp3) is 0.333. The Balaban J connectivity index is 1.72. The van der Waals surface area contributed by atoms with Gasteiger partial charge < -0.3 is 9.88 Å². The minimum Gasteiger partial charge on any atom is -0.338 e. The SMILES string of the molecule is Cc1ccccc1C1CCN(C(=O)c2cc[nH]c(=O)c2)CCS1. The van der Waals surface area contributed by atoms with Crippen LogP contribution in [-0.2, 0) is 0 Å². The molecule has 1 aromatic carbocycles. The first-order chi connectivity index (χ1) is 11.1. The lowest BCUT2D eigenvalue weighted by Gasteiger charge is -2.20. The van der Waals surface area contributed by atoms with Crippen molar-refractivity contribution in [1.29, 1.82) is 0 Å². The van der Waals surface area contributed by atoms with Crippen molar-refractivity contribution < 1.29 is 4.79 Å². The zero-order valence-electron chi connectivity index (χ0n) is 13.1. The number of carbonyl (C=O) groups is 1. The molecule has 1 N–H and O–H groups in total. The van der Waals surface area contributed by atoms with Crippen LogP contribution in [0.25, 0.3) is 0 Å². The Kier molecular flexibility index (Phi) is 4.86. The van der Waals surface area contributed by atoms with Crippen molar-refractivity contribution in [3.8, 4) is 0 Å². The summed E-state index contributed by atoms with van der Waals surface area (Å²) >= 11 is 1.91. The van der Waals surface area contributed by atoms with Crippen LogP contribution in [0.15, 0.2) is 47.4 Å². The molecule has 0 bridgehead atoms. The van der Waals surface area contributed by atoms with E-state index in [1.54, 1.807) is 6.07 Å². The van der Waals surface area contributed by atoms with Crippen molar-refractivity contribution in [1.82, 2.24) is 9.88 Å². The van der Waals surface area contributed by atoms with Gasteiger partial charge >= 0.3 is 0 Å². The summed E-state index contributed by atoms with van der Waals surface area (Å²) in [4.78, 5) is 28.4. The van der Waals surface area contributed by atoms with Crippen LogP contribution in [0.3, 0.4) is 0 Å². The zero-order valence-corrected chi connectivity index (χ0v) is 13.9. The lowest BCUT2D eigenvalue weighted by molar-refractivity contribution is 0.0766. The average Bonchev–Trinajstić information content (AvgIpc) is 2.80. The van der Waals surface area contributed by atoms with E-state index in [2.05, 4.69) is 36.2 Å². The number of nitrogens with one attached hydrogen (secondary N) is 1. The summed E-state index contributed by atoms with van der Waals surface area (Å²) in [5.74, 6) is 0.857. The number of H-pyrrole nitrogens is 1. The van der Waals surface area contributed by atoms with Gasteiger partial charge in [0.05, 0.1) is 0 Å². The molecule has 1 amide bonds. The summed E-state index contributed by atoms with van der Waals surface area (Å²) < 4.78 is 0. The van der Waals surface area contributed by atoms with Crippen LogP contribution in [0.4, 0.5) is 0 Å². The first-order valence-electron chi connectivity index (χ1n) is 7.80. The molecule has 5 heteroatoms. The molecule has 0 spiro atoms. The summed E-state index contributed by atoms with van der Waals surface area (Å²) in [6, 6.07) is 11.5. The zero-order chi connectivity index (χ0) is 16.2. The topological polar surface area (TPSA) is 53.2 Å². The molecular weight excluding hydrogens is 308 g/mol. The number of amides is 1. The number of nitrogens with zero attached hydrogens (tertiary/aromatic N) is 1. The molecular formula is C18H20N2O2S. The highest BCUT2D eigenvalue weighted by atomic mass is 32.2. The molecule has 1 aromatic heterocycles. The Labute approximate surface area is 139 Å². The van der Waals surface area contributed by atoms with Crippen molar-refractivity contribution in [3.05, 3.63) is 69.6 Å². The molecule has 1 saturated heterocycles. The minimum atomic E-state index is -0.238. The van der Waals surface area contributed by atoms with Gasteiger partial charge in [-0.3, -0.25) is 9.59 Å². The van der Waals surface area contributed by atoms with Crippen molar-refractivity contribution in [2.75, 3.05) is 18.8 Å². The van der Waals surface area contributed by atoms with Gasteiger partial charge in [-0.15, -0.1) is 0 Å². The van der Waals surface area contributed by atoms with Crippen molar-refractivity contribution in [3.63, 3.8) is 0 Å². The van der Waals surface area contributed by atoms with Crippen LogP contribution in [0.5, 0.6) is 0 Å². The second kappa shape index (κ2) is 7.04. The number of aromatic amines is 1. The van der Waals surface area contributed by atoms with E-state index in [0.717, 1.165) is 25.3 Å². The second-order valence-corrected chi connectivity index (χ2v) is 7.05. The summed E-state index contributed by atoms with van der Waals surface area (Å²) in [6.07, 6.45) is 2.46. The van der Waals surface area contributed by atoms with Crippen molar-refractivity contribution >= 4 is 17.7 Å². The van der Waals surface area contributed by atoms with E-state index in [1.807, 2.05) is 16.7 Å². The first-order valence-corrected chi connectivity index (χ1v) is 8.85. The fourth-order valence-electron chi connectivity index (χ4n) is 2.93. The average molecular weight is 328 g/mol. The largest absolute Gasteiger partial charge is 0.338 e. The quantitative estimate of drug-likeness (QED) is 0.922. The number of hydrogen-bond donors (Lipinski definition) is 1. The minimum absolute atomic E-state index is 0.0536. The highest BCUT2D eigenvalue weighted by Crippen LogP contribution is 2.36. The summed E-state index contributed by atoms with van der Waals surface area (Å²) in [7, 11) is 0. The number of rotatable bonds is 2. The molecule has 4 nitrogen and oxygen atoms in total. The van der Waals surface area contributed by atoms with Crippen molar-refractivity contribution in [2.45, 2.75) is 18.6 Å². The van der Waals surface area contributed by atoms with Crippen LogP contribution in [0, 0.1) is 6.92 Å². The third-order valence-electron chi connectivity index (χ3n) is 4.19. The predicted molar refractivity (Wildman–Crippen MR) is 94.0 cm³/mol. The molecule has 2 aromatic rings. The van der Waals surface area contributed by atoms with Gasteiger partial charge in [-0.1, -0.05) is 24.3 Å². The van der Waals surface area contributed by atoms with Gasteiger partial charge in [-0.25, -0.2) is 0 Å². The van der Waals surface area contributed by atoms with Gasteiger partial charge in [0.2, 0.25) is 5.56 Å². The van der Waals surface area contributed by atoms with Gasteiger partial charge in [-0.2, -0.15) is 11.8 Å². The lowest BCUT2D eigenvalue weighted by Crippen LogP contribution is -2.33. The molecule has 23 heavy (non-hydrogen) atoms. The second-order valence-electron chi connectivity index (χ2n) is 5.74. The van der Waals surface area contributed by atoms with Crippen LogP contribution in [0.1, 0.15) is 33.2 Å². The molecule has 0 aliphatic carbocycles. The third-order valence-corrected chi connectivity index (χ3v) is 5.50. The smallest absolute Gasteiger partial charge is 0.254 e. The number of hydrogen-bond acceptors (Lipinski definition) is 3. The highest BCUT2D eigenvalue weighted by Gasteiger charge is 2.23. The maximum atomic E-state index is 12.6. The Bertz CT molecular complexity index is 756. The molecule has 1 aliphatic rings. The fourth-order valence-corrected chi connectivity index (χ4v) is 4.26. The third kappa shape index (κ3) is 3.67. The number of aromatic nitrogens is 1. The lowest BCUT2D eigenvalue weighted by atomic mass is 10.0. The number of carbonyl (C=O) groups excluding carboxylic acids is 1. The molecule has 0 radical (unpaired) electrons.